The van der Waals surface area contributed by atoms with E-state index in [4.69, 9.17) is 5.73 Å². The van der Waals surface area contributed by atoms with Crippen LogP contribution < -0.4 is 5.73 Å². The molecule has 118 valence electrons. The fourth-order valence-corrected chi connectivity index (χ4v) is 3.88. The van der Waals surface area contributed by atoms with Crippen molar-refractivity contribution >= 4 is 9.84 Å². The van der Waals surface area contributed by atoms with E-state index in [2.05, 4.69) is 17.0 Å². The summed E-state index contributed by atoms with van der Waals surface area (Å²) in [5.74, 6) is 0.190. The number of rotatable bonds is 4. The largest absolute Gasteiger partial charge is 0.329 e. The number of sulfone groups is 1. The van der Waals surface area contributed by atoms with Gasteiger partial charge in [-0.3, -0.25) is 4.90 Å². The van der Waals surface area contributed by atoms with Gasteiger partial charge < -0.3 is 5.73 Å². The molecule has 0 saturated carbocycles. The van der Waals surface area contributed by atoms with Crippen molar-refractivity contribution in [3.8, 4) is 0 Å². The maximum Gasteiger partial charge on any atom is 0.156 e. The van der Waals surface area contributed by atoms with Crippen LogP contribution in [0.2, 0.25) is 0 Å². The third-order valence-corrected chi connectivity index (χ3v) is 6.91. The number of nitrogens with two attached hydrogens (primary N) is 1. The molecule has 4 nitrogen and oxygen atoms in total. The van der Waals surface area contributed by atoms with Crippen LogP contribution in [0.3, 0.4) is 0 Å². The Kier molecular flexibility index (Phi) is 4.76. The predicted octanol–water partition coefficient (Wildman–Crippen LogP) is 1.76. The lowest BCUT2D eigenvalue weighted by atomic mass is 9.93. The summed E-state index contributed by atoms with van der Waals surface area (Å²) in [5, 5.41) is 0. The Bertz CT molecular complexity index is 591. The SMILES string of the molecule is CC(C)(C)S(=O)(=O)CCN1CCc2ccccc2C1CN. The second-order valence-electron chi connectivity index (χ2n) is 6.67. The number of fused-ring (bicyclic) bond motifs is 1. The van der Waals surface area contributed by atoms with Crippen LogP contribution in [-0.4, -0.2) is 43.5 Å². The number of benzene rings is 1. The Morgan fingerprint density at radius 3 is 2.57 bits per heavy atom. The molecule has 21 heavy (non-hydrogen) atoms. The highest BCUT2D eigenvalue weighted by molar-refractivity contribution is 7.92. The second kappa shape index (κ2) is 6.07. The van der Waals surface area contributed by atoms with E-state index < -0.39 is 14.6 Å². The van der Waals surface area contributed by atoms with Gasteiger partial charge in [-0.2, -0.15) is 0 Å². The first-order valence-corrected chi connectivity index (χ1v) is 9.16. The molecule has 0 aliphatic carbocycles. The molecule has 0 bridgehead atoms. The molecule has 1 aliphatic rings. The van der Waals surface area contributed by atoms with Crippen LogP contribution in [0.25, 0.3) is 0 Å². The fourth-order valence-electron chi connectivity index (χ4n) is 2.79. The van der Waals surface area contributed by atoms with Crippen molar-refractivity contribution in [3.05, 3.63) is 35.4 Å². The summed E-state index contributed by atoms with van der Waals surface area (Å²) < 4.78 is 23.9. The zero-order valence-corrected chi connectivity index (χ0v) is 14.0. The van der Waals surface area contributed by atoms with Gasteiger partial charge in [-0.1, -0.05) is 24.3 Å². The average Bonchev–Trinajstić information content (AvgIpc) is 2.43. The van der Waals surface area contributed by atoms with Crippen LogP contribution >= 0.6 is 0 Å². The highest BCUT2D eigenvalue weighted by Gasteiger charge is 2.31. The highest BCUT2D eigenvalue weighted by Crippen LogP contribution is 2.29. The van der Waals surface area contributed by atoms with E-state index in [1.54, 1.807) is 20.8 Å². The van der Waals surface area contributed by atoms with E-state index >= 15 is 0 Å². The van der Waals surface area contributed by atoms with E-state index in [-0.39, 0.29) is 11.8 Å². The topological polar surface area (TPSA) is 63.4 Å². The lowest BCUT2D eigenvalue weighted by Crippen LogP contribution is -2.43. The monoisotopic (exact) mass is 310 g/mol. The summed E-state index contributed by atoms with van der Waals surface area (Å²) in [5.41, 5.74) is 8.53. The van der Waals surface area contributed by atoms with Crippen LogP contribution in [0, 0.1) is 0 Å². The van der Waals surface area contributed by atoms with Crippen molar-refractivity contribution < 1.29 is 8.42 Å². The fraction of sp³-hybridized carbons (Fsp3) is 0.625. The molecule has 1 heterocycles. The summed E-state index contributed by atoms with van der Waals surface area (Å²) in [6.07, 6.45) is 0.961. The second-order valence-corrected chi connectivity index (χ2v) is 9.53. The van der Waals surface area contributed by atoms with Gasteiger partial charge in [0.25, 0.3) is 0 Å². The Hall–Kier alpha value is -0.910. The maximum atomic E-state index is 12.3. The van der Waals surface area contributed by atoms with E-state index in [1.807, 2.05) is 12.1 Å². The molecular weight excluding hydrogens is 284 g/mol. The summed E-state index contributed by atoms with van der Waals surface area (Å²) in [4.78, 5) is 2.21. The summed E-state index contributed by atoms with van der Waals surface area (Å²) in [7, 11) is -3.09. The molecule has 1 unspecified atom stereocenters. The lowest BCUT2D eigenvalue weighted by molar-refractivity contribution is 0.201. The van der Waals surface area contributed by atoms with E-state index in [0.717, 1.165) is 13.0 Å². The lowest BCUT2D eigenvalue weighted by Gasteiger charge is -2.37. The van der Waals surface area contributed by atoms with Crippen LogP contribution in [0.15, 0.2) is 24.3 Å². The molecule has 0 saturated heterocycles. The number of nitrogens with zero attached hydrogens (tertiary/aromatic N) is 1. The molecule has 1 aromatic rings. The van der Waals surface area contributed by atoms with Crippen molar-refractivity contribution in [2.45, 2.75) is 38.0 Å². The number of hydrogen-bond donors (Lipinski definition) is 1. The van der Waals surface area contributed by atoms with Gasteiger partial charge in [0.1, 0.15) is 0 Å². The molecule has 0 fully saturated rings. The molecule has 0 radical (unpaired) electrons. The van der Waals surface area contributed by atoms with Crippen molar-refractivity contribution in [1.82, 2.24) is 4.90 Å². The molecule has 0 aromatic heterocycles. The van der Waals surface area contributed by atoms with Crippen molar-refractivity contribution in [3.63, 3.8) is 0 Å². The van der Waals surface area contributed by atoms with Gasteiger partial charge in [0, 0.05) is 25.7 Å². The summed E-state index contributed by atoms with van der Waals surface area (Å²) in [6.45, 7) is 7.22. The van der Waals surface area contributed by atoms with Crippen molar-refractivity contribution in [2.24, 2.45) is 5.73 Å². The quantitative estimate of drug-likeness (QED) is 0.920. The van der Waals surface area contributed by atoms with Gasteiger partial charge in [-0.15, -0.1) is 0 Å². The molecule has 1 aliphatic heterocycles. The van der Waals surface area contributed by atoms with Crippen LogP contribution in [0.4, 0.5) is 0 Å². The van der Waals surface area contributed by atoms with Crippen LogP contribution in [-0.2, 0) is 16.3 Å². The van der Waals surface area contributed by atoms with Gasteiger partial charge >= 0.3 is 0 Å². The van der Waals surface area contributed by atoms with Crippen LogP contribution in [0.5, 0.6) is 0 Å². The van der Waals surface area contributed by atoms with Crippen molar-refractivity contribution in [2.75, 3.05) is 25.4 Å². The third kappa shape index (κ3) is 3.47. The first kappa shape index (κ1) is 16.5. The molecule has 2 rings (SSSR count). The Morgan fingerprint density at radius 1 is 1.29 bits per heavy atom. The predicted molar refractivity (Wildman–Crippen MR) is 87.1 cm³/mol. The third-order valence-electron chi connectivity index (χ3n) is 4.33. The Balaban J connectivity index is 2.12. The highest BCUT2D eigenvalue weighted by atomic mass is 32.2. The smallest absolute Gasteiger partial charge is 0.156 e. The number of hydrogen-bond acceptors (Lipinski definition) is 4. The first-order chi connectivity index (χ1) is 9.76. The molecule has 5 heteroatoms. The van der Waals surface area contributed by atoms with Gasteiger partial charge in [-0.25, -0.2) is 8.42 Å². The minimum atomic E-state index is -3.09. The molecule has 2 N–H and O–H groups in total. The van der Waals surface area contributed by atoms with E-state index in [9.17, 15) is 8.42 Å². The van der Waals surface area contributed by atoms with Gasteiger partial charge in [0.2, 0.25) is 0 Å². The van der Waals surface area contributed by atoms with E-state index in [0.29, 0.717) is 13.1 Å². The van der Waals surface area contributed by atoms with Gasteiger partial charge in [-0.05, 0) is 38.3 Å². The molecule has 1 aromatic carbocycles. The zero-order chi connectivity index (χ0) is 15.7. The van der Waals surface area contributed by atoms with Gasteiger partial charge in [0.05, 0.1) is 10.5 Å². The maximum absolute atomic E-state index is 12.3. The first-order valence-electron chi connectivity index (χ1n) is 7.50. The minimum absolute atomic E-state index is 0.130. The van der Waals surface area contributed by atoms with Gasteiger partial charge in [0.15, 0.2) is 9.84 Å². The molecule has 0 spiro atoms. The standard InChI is InChI=1S/C16H26N2O2S/c1-16(2,3)21(19,20)11-10-18-9-8-13-6-4-5-7-14(13)15(18)12-17/h4-7,15H,8-12,17H2,1-3H3. The minimum Gasteiger partial charge on any atom is -0.329 e. The van der Waals surface area contributed by atoms with Crippen molar-refractivity contribution in [1.29, 1.82) is 0 Å². The normalized spacial score (nSPS) is 20.3. The summed E-state index contributed by atoms with van der Waals surface area (Å²) in [6, 6.07) is 8.45. The molecule has 0 amide bonds. The average molecular weight is 310 g/mol. The Labute approximate surface area is 128 Å². The Morgan fingerprint density at radius 2 is 1.95 bits per heavy atom. The molecule has 1 atom stereocenters. The van der Waals surface area contributed by atoms with E-state index in [1.165, 1.54) is 11.1 Å². The molecular formula is C16H26N2O2S. The summed E-state index contributed by atoms with van der Waals surface area (Å²) >= 11 is 0. The zero-order valence-electron chi connectivity index (χ0n) is 13.2. The van der Waals surface area contributed by atoms with Crippen LogP contribution in [0.1, 0.15) is 37.9 Å².